The predicted molar refractivity (Wildman–Crippen MR) is 63.4 cm³/mol. The largest absolute Gasteiger partial charge is 0.245 e. The van der Waals surface area contributed by atoms with Gasteiger partial charge in [-0.25, -0.2) is 4.98 Å². The summed E-state index contributed by atoms with van der Waals surface area (Å²) in [5.41, 5.74) is 3.38. The number of nitrogens with zero attached hydrogens (tertiary/aromatic N) is 3. The van der Waals surface area contributed by atoms with Crippen LogP contribution in [0.15, 0.2) is 30.6 Å². The first kappa shape index (κ1) is 11.0. The molecule has 2 heterocycles. The molecular formula is C12H12ClN3. The number of hydrogen-bond donors (Lipinski definition) is 0. The van der Waals surface area contributed by atoms with E-state index in [0.29, 0.717) is 5.15 Å². The second-order valence-electron chi connectivity index (χ2n) is 3.65. The van der Waals surface area contributed by atoms with Crippen LogP contribution < -0.4 is 0 Å². The van der Waals surface area contributed by atoms with Crippen LogP contribution in [-0.4, -0.2) is 15.2 Å². The lowest BCUT2D eigenvalue weighted by molar-refractivity contribution is 0.844. The van der Waals surface area contributed by atoms with E-state index in [1.54, 1.807) is 12.4 Å². The summed E-state index contributed by atoms with van der Waals surface area (Å²) >= 11 is 5.82. The Labute approximate surface area is 99.5 Å². The SMILES string of the molecule is Cc1ccnnc1CCc1ccnc(Cl)c1. The average molecular weight is 234 g/mol. The lowest BCUT2D eigenvalue weighted by Crippen LogP contribution is -1.99. The van der Waals surface area contributed by atoms with Gasteiger partial charge in [0.25, 0.3) is 0 Å². The van der Waals surface area contributed by atoms with Gasteiger partial charge in [0.2, 0.25) is 0 Å². The van der Waals surface area contributed by atoms with E-state index in [0.717, 1.165) is 18.5 Å². The van der Waals surface area contributed by atoms with E-state index in [1.807, 2.05) is 25.1 Å². The van der Waals surface area contributed by atoms with Gasteiger partial charge in [0.15, 0.2) is 0 Å². The lowest BCUT2D eigenvalue weighted by atomic mass is 10.1. The molecule has 0 unspecified atom stereocenters. The molecule has 82 valence electrons. The summed E-state index contributed by atoms with van der Waals surface area (Å²) < 4.78 is 0. The fourth-order valence-electron chi connectivity index (χ4n) is 1.53. The zero-order valence-corrected chi connectivity index (χ0v) is 9.78. The van der Waals surface area contributed by atoms with Crippen molar-refractivity contribution in [2.75, 3.05) is 0 Å². The fraction of sp³-hybridized carbons (Fsp3) is 0.250. The number of aryl methyl sites for hydroxylation is 3. The third-order valence-corrected chi connectivity index (χ3v) is 2.67. The highest BCUT2D eigenvalue weighted by molar-refractivity contribution is 6.29. The smallest absolute Gasteiger partial charge is 0.129 e. The van der Waals surface area contributed by atoms with Crippen molar-refractivity contribution in [3.05, 3.63) is 52.6 Å². The summed E-state index contributed by atoms with van der Waals surface area (Å²) in [6, 6.07) is 5.83. The third-order valence-electron chi connectivity index (χ3n) is 2.47. The topological polar surface area (TPSA) is 38.7 Å². The van der Waals surface area contributed by atoms with Crippen molar-refractivity contribution in [1.82, 2.24) is 15.2 Å². The van der Waals surface area contributed by atoms with Gasteiger partial charge in [-0.15, -0.1) is 0 Å². The van der Waals surface area contributed by atoms with Crippen molar-refractivity contribution >= 4 is 11.6 Å². The zero-order chi connectivity index (χ0) is 11.4. The zero-order valence-electron chi connectivity index (χ0n) is 9.02. The van der Waals surface area contributed by atoms with Gasteiger partial charge >= 0.3 is 0 Å². The second-order valence-corrected chi connectivity index (χ2v) is 4.03. The molecule has 2 aromatic rings. The summed E-state index contributed by atoms with van der Waals surface area (Å²) in [6.07, 6.45) is 5.21. The van der Waals surface area contributed by atoms with Crippen molar-refractivity contribution < 1.29 is 0 Å². The van der Waals surface area contributed by atoms with Gasteiger partial charge in [-0.2, -0.15) is 10.2 Å². The Hall–Kier alpha value is -1.48. The highest BCUT2D eigenvalue weighted by Crippen LogP contribution is 2.11. The molecule has 0 aliphatic carbocycles. The van der Waals surface area contributed by atoms with E-state index in [-0.39, 0.29) is 0 Å². The van der Waals surface area contributed by atoms with Crippen molar-refractivity contribution in [2.45, 2.75) is 19.8 Å². The summed E-state index contributed by atoms with van der Waals surface area (Å²) in [7, 11) is 0. The predicted octanol–water partition coefficient (Wildman–Crippen LogP) is 2.62. The van der Waals surface area contributed by atoms with Crippen molar-refractivity contribution in [2.24, 2.45) is 0 Å². The van der Waals surface area contributed by atoms with Gasteiger partial charge in [-0.3, -0.25) is 0 Å². The first-order valence-electron chi connectivity index (χ1n) is 5.13. The Morgan fingerprint density at radius 3 is 2.81 bits per heavy atom. The van der Waals surface area contributed by atoms with Crippen LogP contribution in [0, 0.1) is 6.92 Å². The number of halogens is 1. The maximum absolute atomic E-state index is 5.82. The summed E-state index contributed by atoms with van der Waals surface area (Å²) in [5, 5.41) is 8.54. The van der Waals surface area contributed by atoms with Crippen molar-refractivity contribution in [3.63, 3.8) is 0 Å². The Bertz CT molecular complexity index is 485. The maximum Gasteiger partial charge on any atom is 0.129 e. The molecule has 0 bridgehead atoms. The molecular weight excluding hydrogens is 222 g/mol. The van der Waals surface area contributed by atoms with E-state index in [2.05, 4.69) is 15.2 Å². The minimum atomic E-state index is 0.536. The highest BCUT2D eigenvalue weighted by atomic mass is 35.5. The van der Waals surface area contributed by atoms with Crippen LogP contribution in [0.1, 0.15) is 16.8 Å². The molecule has 4 heteroatoms. The molecule has 0 atom stereocenters. The van der Waals surface area contributed by atoms with Crippen LogP contribution in [0.4, 0.5) is 0 Å². The second kappa shape index (κ2) is 5.03. The monoisotopic (exact) mass is 233 g/mol. The first-order valence-corrected chi connectivity index (χ1v) is 5.51. The average Bonchev–Trinajstić information content (AvgIpc) is 2.28. The Morgan fingerprint density at radius 1 is 1.19 bits per heavy atom. The minimum absolute atomic E-state index is 0.536. The lowest BCUT2D eigenvalue weighted by Gasteiger charge is -2.03. The number of hydrogen-bond acceptors (Lipinski definition) is 3. The van der Waals surface area contributed by atoms with Crippen molar-refractivity contribution in [1.29, 1.82) is 0 Å². The summed E-state index contributed by atoms with van der Waals surface area (Å²) in [4.78, 5) is 3.95. The van der Waals surface area contributed by atoms with Gasteiger partial charge < -0.3 is 0 Å². The third kappa shape index (κ3) is 2.76. The van der Waals surface area contributed by atoms with E-state index in [1.165, 1.54) is 11.1 Å². The Kier molecular flexibility index (Phi) is 3.47. The molecule has 0 amide bonds. The van der Waals surface area contributed by atoms with Crippen LogP contribution in [-0.2, 0) is 12.8 Å². The molecule has 0 spiro atoms. The van der Waals surface area contributed by atoms with Crippen LogP contribution in [0.2, 0.25) is 5.15 Å². The first-order chi connectivity index (χ1) is 7.75. The maximum atomic E-state index is 5.82. The molecule has 3 nitrogen and oxygen atoms in total. The van der Waals surface area contributed by atoms with Crippen LogP contribution in [0.5, 0.6) is 0 Å². The van der Waals surface area contributed by atoms with E-state index < -0.39 is 0 Å². The molecule has 2 rings (SSSR count). The molecule has 2 aromatic heterocycles. The van der Waals surface area contributed by atoms with Crippen LogP contribution in [0.25, 0.3) is 0 Å². The molecule has 16 heavy (non-hydrogen) atoms. The van der Waals surface area contributed by atoms with Gasteiger partial charge in [0.05, 0.1) is 5.69 Å². The standard InChI is InChI=1S/C12H12ClN3/c1-9-4-7-15-16-11(9)3-2-10-5-6-14-12(13)8-10/h4-8H,2-3H2,1H3. The molecule has 0 saturated carbocycles. The van der Waals surface area contributed by atoms with E-state index in [9.17, 15) is 0 Å². The molecule has 0 N–H and O–H groups in total. The van der Waals surface area contributed by atoms with Gasteiger partial charge in [0, 0.05) is 12.4 Å². The molecule has 0 radical (unpaired) electrons. The number of pyridine rings is 1. The minimum Gasteiger partial charge on any atom is -0.245 e. The normalized spacial score (nSPS) is 10.4. The molecule has 0 aliphatic heterocycles. The summed E-state index contributed by atoms with van der Waals surface area (Å²) in [5.74, 6) is 0. The quantitative estimate of drug-likeness (QED) is 0.765. The van der Waals surface area contributed by atoms with Crippen molar-refractivity contribution in [3.8, 4) is 0 Å². The highest BCUT2D eigenvalue weighted by Gasteiger charge is 2.01. The van der Waals surface area contributed by atoms with Crippen LogP contribution >= 0.6 is 11.6 Å². The molecule has 0 aromatic carbocycles. The molecule has 0 aliphatic rings. The number of aromatic nitrogens is 3. The number of rotatable bonds is 3. The molecule has 0 fully saturated rings. The van der Waals surface area contributed by atoms with E-state index in [4.69, 9.17) is 11.6 Å². The fourth-order valence-corrected chi connectivity index (χ4v) is 1.73. The van der Waals surface area contributed by atoms with Gasteiger partial charge in [-0.05, 0) is 49.1 Å². The Balaban J connectivity index is 2.05. The van der Waals surface area contributed by atoms with Gasteiger partial charge in [0.1, 0.15) is 5.15 Å². The summed E-state index contributed by atoms with van der Waals surface area (Å²) in [6.45, 7) is 2.05. The van der Waals surface area contributed by atoms with Crippen LogP contribution in [0.3, 0.4) is 0 Å². The van der Waals surface area contributed by atoms with Gasteiger partial charge in [-0.1, -0.05) is 11.6 Å². The van der Waals surface area contributed by atoms with E-state index >= 15 is 0 Å². The molecule has 0 saturated heterocycles. The Morgan fingerprint density at radius 2 is 2.06 bits per heavy atom.